The first-order chi connectivity index (χ1) is 15.9. The van der Waals surface area contributed by atoms with Gasteiger partial charge in [0.15, 0.2) is 0 Å². The van der Waals surface area contributed by atoms with Gasteiger partial charge in [-0.05, 0) is 39.5 Å². The fourth-order valence-electron chi connectivity index (χ4n) is 4.04. The molecule has 0 aliphatic carbocycles. The van der Waals surface area contributed by atoms with Crippen LogP contribution in [0.1, 0.15) is 52.7 Å². The third kappa shape index (κ3) is 5.96. The Morgan fingerprint density at radius 3 is 1.57 bits per heavy atom. The van der Waals surface area contributed by atoms with Crippen molar-refractivity contribution < 1.29 is 21.1 Å². The zero-order valence-electron chi connectivity index (χ0n) is 20.5. The largest absolute Gasteiger partial charge is 2.00 e. The Kier molecular flexibility index (Phi) is 8.96. The first-order valence-electron chi connectivity index (χ1n) is 10.9. The van der Waals surface area contributed by atoms with E-state index in [4.69, 9.17) is 21.8 Å². The topological polar surface area (TPSA) is 53.9 Å². The smallest absolute Gasteiger partial charge is 0.812 e. The van der Waals surface area contributed by atoms with Gasteiger partial charge in [-0.2, -0.15) is 5.26 Å². The van der Waals surface area contributed by atoms with Gasteiger partial charge in [0, 0.05) is 33.6 Å². The number of fused-ring (bicyclic) bond motifs is 5. The molecule has 0 N–H and O–H groups in total. The fourth-order valence-corrected chi connectivity index (χ4v) is 4.13. The van der Waals surface area contributed by atoms with Gasteiger partial charge in [0.2, 0.25) is 0 Å². The zero-order chi connectivity index (χ0) is 25.3. The van der Waals surface area contributed by atoms with Crippen molar-refractivity contribution in [3.63, 3.8) is 0 Å². The van der Waals surface area contributed by atoms with E-state index in [1.165, 1.54) is 27.3 Å². The monoisotopic (exact) mass is 677 g/mol. The number of nitrogens with zero attached hydrogens (tertiary/aromatic N) is 4. The molecule has 7 heteroatoms. The summed E-state index contributed by atoms with van der Waals surface area (Å²) in [6, 6.07) is 14.7. The summed E-state index contributed by atoms with van der Waals surface area (Å²) in [5.41, 5.74) is 4.91. The van der Waals surface area contributed by atoms with Gasteiger partial charge >= 0.3 is 21.1 Å². The Morgan fingerprint density at radius 2 is 1.26 bits per heavy atom. The van der Waals surface area contributed by atoms with Crippen molar-refractivity contribution in [2.24, 2.45) is 0 Å². The number of aromatic nitrogens is 2. The minimum atomic E-state index is -0.123. The summed E-state index contributed by atoms with van der Waals surface area (Å²) in [7, 11) is 0. The quantitative estimate of drug-likeness (QED) is 0.0852. The number of allylic oxidation sites excluding steroid dienone is 1. The van der Waals surface area contributed by atoms with Gasteiger partial charge in [-0.15, -0.1) is 4.91 Å². The van der Waals surface area contributed by atoms with E-state index < -0.39 is 0 Å². The fraction of sp³-hybridized carbons (Fsp3) is 0.286. The first-order valence-corrected chi connectivity index (χ1v) is 11.7. The molecule has 0 bridgehead atoms. The third-order valence-corrected chi connectivity index (χ3v) is 6.32. The molecule has 4 aromatic rings. The minimum absolute atomic E-state index is 0. The van der Waals surface area contributed by atoms with E-state index in [0.29, 0.717) is 0 Å². The van der Waals surface area contributed by atoms with Crippen molar-refractivity contribution in [3.8, 4) is 6.07 Å². The SMILES string of the molecule is CC(C)(C)c1ccnc2c1ccc1ccc3c(C(C)(C)C)ccnc3c12.[C-]#[N+]C([S-])=C([S-])C#N.[Pt+2]. The summed E-state index contributed by atoms with van der Waals surface area (Å²) in [6.07, 6.45) is 3.88. The summed E-state index contributed by atoms with van der Waals surface area (Å²) in [5, 5.41) is 12.7. The van der Waals surface area contributed by atoms with Gasteiger partial charge in [0.05, 0.1) is 23.7 Å². The molecule has 0 fully saturated rings. The van der Waals surface area contributed by atoms with E-state index in [-0.39, 0.29) is 41.8 Å². The summed E-state index contributed by atoms with van der Waals surface area (Å²) < 4.78 is 0. The van der Waals surface area contributed by atoms with Crippen LogP contribution in [0.3, 0.4) is 0 Å². The molecule has 0 unspecified atom stereocenters. The summed E-state index contributed by atoms with van der Waals surface area (Å²) in [5.74, 6) is 0. The van der Waals surface area contributed by atoms with Gasteiger partial charge in [-0.1, -0.05) is 65.8 Å². The Bertz CT molecular complexity index is 1400. The minimum Gasteiger partial charge on any atom is -0.812 e. The average Bonchev–Trinajstić information content (AvgIpc) is 2.80. The number of hydrogen-bond acceptors (Lipinski definition) is 5. The van der Waals surface area contributed by atoms with Crippen LogP contribution in [0, 0.1) is 17.9 Å². The maximum atomic E-state index is 8.01. The van der Waals surface area contributed by atoms with Crippen LogP contribution in [0.4, 0.5) is 0 Å². The predicted octanol–water partition coefficient (Wildman–Crippen LogP) is 7.22. The molecule has 35 heavy (non-hydrogen) atoms. The van der Waals surface area contributed by atoms with E-state index >= 15 is 0 Å². The molecule has 0 saturated carbocycles. The predicted molar refractivity (Wildman–Crippen MR) is 146 cm³/mol. The molecule has 4 rings (SSSR count). The van der Waals surface area contributed by atoms with E-state index in [1.54, 1.807) is 6.07 Å². The second kappa shape index (κ2) is 11.0. The van der Waals surface area contributed by atoms with Gasteiger partial charge in [0.1, 0.15) is 0 Å². The molecule has 4 nitrogen and oxygen atoms in total. The van der Waals surface area contributed by atoms with Crippen LogP contribution in [-0.2, 0) is 57.2 Å². The van der Waals surface area contributed by atoms with Crippen LogP contribution in [0.15, 0.2) is 58.7 Å². The molecule has 2 heterocycles. The molecule has 0 aliphatic heterocycles. The second-order valence-electron chi connectivity index (χ2n) is 10.1. The maximum absolute atomic E-state index is 8.01. The standard InChI is InChI=1S/C24H26N2.C4H2N2S2.Pt/c1-23(2,3)18-11-13-25-21-16(18)9-7-15-8-10-17-19(24(4,5)6)12-14-26-22(17)20(15)21;1-6-4(8)3(7)2-5;/h7-14H,1-6H3;7-8H;/q;;+2/p-2. The summed E-state index contributed by atoms with van der Waals surface area (Å²) >= 11 is 8.72. The molecule has 2 aromatic heterocycles. The van der Waals surface area contributed by atoms with Gasteiger partial charge in [-0.25, -0.2) is 0 Å². The molecule has 0 saturated heterocycles. The van der Waals surface area contributed by atoms with Crippen molar-refractivity contribution in [1.82, 2.24) is 9.97 Å². The normalized spacial score (nSPS) is 12.1. The first kappa shape index (κ1) is 28.6. The third-order valence-electron chi connectivity index (χ3n) is 5.62. The van der Waals surface area contributed by atoms with Crippen LogP contribution >= 0.6 is 0 Å². The zero-order valence-corrected chi connectivity index (χ0v) is 24.4. The molecule has 180 valence electrons. The Balaban J connectivity index is 0.000000418. The molecule has 2 aromatic carbocycles. The molecule has 0 aliphatic rings. The second-order valence-corrected chi connectivity index (χ2v) is 10.9. The van der Waals surface area contributed by atoms with E-state index in [2.05, 4.69) is 108 Å². The molecular weight excluding hydrogens is 652 g/mol. The van der Waals surface area contributed by atoms with Crippen LogP contribution in [-0.4, -0.2) is 9.97 Å². The van der Waals surface area contributed by atoms with Crippen molar-refractivity contribution >= 4 is 57.8 Å². The van der Waals surface area contributed by atoms with Crippen molar-refractivity contribution in [2.75, 3.05) is 0 Å². The van der Waals surface area contributed by atoms with E-state index in [0.717, 1.165) is 16.4 Å². The summed E-state index contributed by atoms with van der Waals surface area (Å²) in [6.45, 7) is 19.8. The Morgan fingerprint density at radius 1 is 0.829 bits per heavy atom. The van der Waals surface area contributed by atoms with Crippen LogP contribution in [0.2, 0.25) is 0 Å². The number of hydrogen-bond donors (Lipinski definition) is 0. The van der Waals surface area contributed by atoms with E-state index in [9.17, 15) is 0 Å². The van der Waals surface area contributed by atoms with E-state index in [1.807, 2.05) is 12.4 Å². The Hall–Kier alpha value is -2.63. The van der Waals surface area contributed by atoms with Crippen molar-refractivity contribution in [1.29, 1.82) is 5.26 Å². The molecule has 0 spiro atoms. The summed E-state index contributed by atoms with van der Waals surface area (Å²) in [4.78, 5) is 12.2. The molecule has 0 radical (unpaired) electrons. The number of pyridine rings is 2. The average molecular weight is 678 g/mol. The van der Waals surface area contributed by atoms with Gasteiger partial charge < -0.3 is 25.3 Å². The molecule has 0 atom stereocenters. The maximum Gasteiger partial charge on any atom is 2.00 e. The van der Waals surface area contributed by atoms with Crippen LogP contribution in [0.5, 0.6) is 0 Å². The van der Waals surface area contributed by atoms with Gasteiger partial charge in [0.25, 0.3) is 0 Å². The number of rotatable bonds is 0. The van der Waals surface area contributed by atoms with Crippen LogP contribution < -0.4 is 0 Å². The van der Waals surface area contributed by atoms with Crippen molar-refractivity contribution in [3.05, 3.63) is 81.3 Å². The molecular formula is C28H26N4PtS2. The van der Waals surface area contributed by atoms with Crippen molar-refractivity contribution in [2.45, 2.75) is 52.4 Å². The Labute approximate surface area is 232 Å². The molecule has 0 amide bonds. The van der Waals surface area contributed by atoms with Gasteiger partial charge in [-0.3, -0.25) is 14.8 Å². The number of nitriles is 1. The van der Waals surface area contributed by atoms with Crippen LogP contribution in [0.25, 0.3) is 37.4 Å². The number of benzene rings is 2.